The van der Waals surface area contributed by atoms with E-state index in [0.29, 0.717) is 23.7 Å². The highest BCUT2D eigenvalue weighted by molar-refractivity contribution is 5.87. The first-order chi connectivity index (χ1) is 19.6. The van der Waals surface area contributed by atoms with Crippen molar-refractivity contribution in [2.45, 2.75) is 131 Å². The molecule has 3 heteroatoms. The molecule has 0 aliphatic heterocycles. The Bertz CT molecular complexity index is 1190. The molecule has 4 saturated carbocycles. The van der Waals surface area contributed by atoms with Crippen molar-refractivity contribution in [2.24, 2.45) is 45.3 Å². The van der Waals surface area contributed by atoms with Crippen molar-refractivity contribution < 1.29 is 14.6 Å². The van der Waals surface area contributed by atoms with Crippen LogP contribution < -0.4 is 0 Å². The average Bonchev–Trinajstić information content (AvgIpc) is 3.21. The van der Waals surface area contributed by atoms with Crippen LogP contribution in [0.3, 0.4) is 0 Å². The molecule has 4 aliphatic carbocycles. The summed E-state index contributed by atoms with van der Waals surface area (Å²) in [5.74, 6) is 2.11. The van der Waals surface area contributed by atoms with Gasteiger partial charge in [-0.25, -0.2) is 4.79 Å². The number of ether oxygens (including phenoxy) is 1. The van der Waals surface area contributed by atoms with Gasteiger partial charge in [-0.3, -0.25) is 0 Å². The minimum Gasteiger partial charge on any atom is -0.459 e. The van der Waals surface area contributed by atoms with Gasteiger partial charge in [0.15, 0.2) is 0 Å². The van der Waals surface area contributed by atoms with Crippen molar-refractivity contribution in [3.05, 3.63) is 53.6 Å². The molecule has 0 spiro atoms. The maximum absolute atomic E-state index is 12.9. The number of rotatable bonds is 7. The predicted molar refractivity (Wildman–Crippen MR) is 174 cm³/mol. The first kappa shape index (κ1) is 31.6. The third-order valence-corrected chi connectivity index (χ3v) is 13.8. The maximum atomic E-state index is 12.9. The van der Waals surface area contributed by atoms with Gasteiger partial charge in [0.2, 0.25) is 0 Å². The Kier molecular flexibility index (Phi) is 8.45. The first-order valence-electron chi connectivity index (χ1n) is 16.9. The number of aliphatic hydroxyl groups is 1. The van der Waals surface area contributed by atoms with Crippen molar-refractivity contribution in [2.75, 3.05) is 0 Å². The zero-order valence-corrected chi connectivity index (χ0v) is 27.8. The maximum Gasteiger partial charge on any atom is 0.331 e. The van der Waals surface area contributed by atoms with E-state index in [-0.39, 0.29) is 33.7 Å². The van der Waals surface area contributed by atoms with Crippen LogP contribution in [0.25, 0.3) is 6.08 Å². The van der Waals surface area contributed by atoms with E-state index in [2.05, 4.69) is 61.5 Å². The van der Waals surface area contributed by atoms with Gasteiger partial charge in [-0.05, 0) is 137 Å². The summed E-state index contributed by atoms with van der Waals surface area (Å²) in [6.07, 6.45) is 17.0. The molecular formula is C39H58O3. The molecule has 5 rings (SSSR count). The van der Waals surface area contributed by atoms with Crippen molar-refractivity contribution in [3.8, 4) is 0 Å². The van der Waals surface area contributed by atoms with Crippen LogP contribution in [0.1, 0.15) is 125 Å². The van der Waals surface area contributed by atoms with E-state index in [0.717, 1.165) is 37.7 Å². The molecule has 3 nitrogen and oxygen atoms in total. The molecule has 0 unspecified atom stereocenters. The van der Waals surface area contributed by atoms with Gasteiger partial charge in [0.1, 0.15) is 6.10 Å². The Morgan fingerprint density at radius 3 is 2.31 bits per heavy atom. The second-order valence-corrected chi connectivity index (χ2v) is 16.5. The molecular weight excluding hydrogens is 516 g/mol. The average molecular weight is 575 g/mol. The second kappa shape index (κ2) is 11.2. The number of carbonyl (C=O) groups excluding carboxylic acids is 1. The van der Waals surface area contributed by atoms with E-state index < -0.39 is 5.60 Å². The number of carbonyl (C=O) groups is 1. The fourth-order valence-corrected chi connectivity index (χ4v) is 11.4. The summed E-state index contributed by atoms with van der Waals surface area (Å²) in [6, 6.07) is 9.97. The van der Waals surface area contributed by atoms with E-state index in [4.69, 9.17) is 4.74 Å². The number of esters is 1. The molecule has 1 aromatic carbocycles. The van der Waals surface area contributed by atoms with Crippen LogP contribution in [0.15, 0.2) is 48.1 Å². The van der Waals surface area contributed by atoms with Crippen LogP contribution in [-0.2, 0) is 9.53 Å². The fraction of sp³-hybridized carbons (Fsp3) is 0.718. The van der Waals surface area contributed by atoms with Gasteiger partial charge < -0.3 is 9.84 Å². The van der Waals surface area contributed by atoms with Gasteiger partial charge in [0.25, 0.3) is 0 Å². The molecule has 4 aliphatic rings. The molecule has 9 atom stereocenters. The molecule has 0 bridgehead atoms. The first-order valence-corrected chi connectivity index (χ1v) is 16.9. The Morgan fingerprint density at radius 2 is 1.62 bits per heavy atom. The summed E-state index contributed by atoms with van der Waals surface area (Å²) in [7, 11) is 0. The largest absolute Gasteiger partial charge is 0.459 e. The summed E-state index contributed by atoms with van der Waals surface area (Å²) < 4.78 is 6.20. The molecule has 232 valence electrons. The lowest BCUT2D eigenvalue weighted by atomic mass is 9.38. The lowest BCUT2D eigenvalue weighted by Gasteiger charge is -2.67. The zero-order chi connectivity index (χ0) is 30.6. The summed E-state index contributed by atoms with van der Waals surface area (Å²) in [4.78, 5) is 12.9. The third-order valence-electron chi connectivity index (χ3n) is 13.8. The monoisotopic (exact) mass is 574 g/mol. The number of hydrogen-bond acceptors (Lipinski definition) is 3. The highest BCUT2D eigenvalue weighted by Crippen LogP contribution is 2.75. The topological polar surface area (TPSA) is 46.5 Å². The Balaban J connectivity index is 1.31. The van der Waals surface area contributed by atoms with Crippen molar-refractivity contribution in [1.29, 1.82) is 0 Å². The quantitative estimate of drug-likeness (QED) is 0.200. The molecule has 42 heavy (non-hydrogen) atoms. The number of hydrogen-bond donors (Lipinski definition) is 1. The van der Waals surface area contributed by atoms with Crippen LogP contribution >= 0.6 is 0 Å². The Morgan fingerprint density at radius 1 is 0.929 bits per heavy atom. The van der Waals surface area contributed by atoms with E-state index in [1.165, 1.54) is 37.7 Å². The summed E-state index contributed by atoms with van der Waals surface area (Å²) in [6.45, 7) is 18.9. The van der Waals surface area contributed by atoms with Crippen molar-refractivity contribution >= 4 is 12.0 Å². The predicted octanol–water partition coefficient (Wildman–Crippen LogP) is 9.79. The molecule has 0 aromatic heterocycles. The van der Waals surface area contributed by atoms with Gasteiger partial charge in [0.05, 0.1) is 5.60 Å². The van der Waals surface area contributed by atoms with Crippen LogP contribution in [0.5, 0.6) is 0 Å². The van der Waals surface area contributed by atoms with E-state index >= 15 is 0 Å². The fourth-order valence-electron chi connectivity index (χ4n) is 11.4. The lowest BCUT2D eigenvalue weighted by molar-refractivity contribution is -0.213. The molecule has 0 saturated heterocycles. The van der Waals surface area contributed by atoms with Gasteiger partial charge in [-0.2, -0.15) is 0 Å². The lowest BCUT2D eigenvalue weighted by Crippen LogP contribution is -2.62. The smallest absolute Gasteiger partial charge is 0.331 e. The minimum atomic E-state index is -0.620. The van der Waals surface area contributed by atoms with E-state index in [9.17, 15) is 9.90 Å². The van der Waals surface area contributed by atoms with Crippen molar-refractivity contribution in [3.63, 3.8) is 0 Å². The normalized spacial score (nSPS) is 40.4. The third kappa shape index (κ3) is 5.24. The van der Waals surface area contributed by atoms with Gasteiger partial charge in [-0.1, -0.05) is 76.6 Å². The molecule has 4 fully saturated rings. The summed E-state index contributed by atoms with van der Waals surface area (Å²) in [5, 5.41) is 11.9. The number of fused-ring (bicyclic) bond motifs is 5. The molecule has 0 amide bonds. The molecule has 1 aromatic rings. The molecule has 0 radical (unpaired) electrons. The highest BCUT2D eigenvalue weighted by Gasteiger charge is 2.69. The minimum absolute atomic E-state index is 0.0451. The van der Waals surface area contributed by atoms with Gasteiger partial charge in [0, 0.05) is 11.5 Å². The summed E-state index contributed by atoms with van der Waals surface area (Å²) in [5.41, 5.74) is 2.40. The van der Waals surface area contributed by atoms with Crippen LogP contribution in [0.2, 0.25) is 0 Å². The van der Waals surface area contributed by atoms with Crippen LogP contribution in [-0.4, -0.2) is 22.8 Å². The molecule has 0 heterocycles. The van der Waals surface area contributed by atoms with E-state index in [1.807, 2.05) is 36.4 Å². The highest BCUT2D eigenvalue weighted by atomic mass is 16.5. The van der Waals surface area contributed by atoms with Crippen molar-refractivity contribution in [1.82, 2.24) is 0 Å². The van der Waals surface area contributed by atoms with Crippen LogP contribution in [0, 0.1) is 45.3 Å². The summed E-state index contributed by atoms with van der Waals surface area (Å²) >= 11 is 0. The Hall–Kier alpha value is -1.87. The molecule has 1 N–H and O–H groups in total. The standard InChI is InChI=1S/C39H58O3/c1-27(2)13-12-23-39(8,41)32-21-26-37(6)30-17-18-31-35(3,4)33(42-34(40)19-16-28-14-10-9-11-15-28)22-24-36(31,5)29(30)20-25-38(32,37)7/h9-11,13-16,19,29-33,41H,12,17-18,20-26H2,1-8H3/b19-16+/t29-,30+,31-,32-,33-,36+,37-,38+,39-/m0/s1. The Labute approximate surface area is 256 Å². The zero-order valence-electron chi connectivity index (χ0n) is 27.8. The van der Waals surface area contributed by atoms with Gasteiger partial charge in [-0.15, -0.1) is 0 Å². The number of allylic oxidation sites excluding steroid dienone is 2. The van der Waals surface area contributed by atoms with Crippen LogP contribution in [0.4, 0.5) is 0 Å². The van der Waals surface area contributed by atoms with E-state index in [1.54, 1.807) is 6.08 Å². The number of benzene rings is 1. The van der Waals surface area contributed by atoms with Gasteiger partial charge >= 0.3 is 5.97 Å². The SMILES string of the molecule is CC(C)=CCC[C@](C)(O)[C@H]1CC[C@@]2(C)[C@@H]3CC[C@H]4C(C)(C)[C@@H](OC(=O)/C=C/c5ccccc5)CC[C@]4(C)[C@H]3CC[C@]12C. The second-order valence-electron chi connectivity index (χ2n) is 16.5.